The molecular weight excluding hydrogens is 224 g/mol. The molecular formula is C14H12N4. The summed E-state index contributed by atoms with van der Waals surface area (Å²) in [4.78, 5) is 4.12. The number of aromatic nitrogens is 3. The molecule has 0 spiro atoms. The molecule has 0 aliphatic carbocycles. The van der Waals surface area contributed by atoms with Crippen LogP contribution in [0.15, 0.2) is 55.1 Å². The van der Waals surface area contributed by atoms with Gasteiger partial charge in [-0.05, 0) is 28.6 Å². The van der Waals surface area contributed by atoms with Crippen molar-refractivity contribution in [1.82, 2.24) is 15.2 Å². The molecule has 0 saturated heterocycles. The van der Waals surface area contributed by atoms with Gasteiger partial charge in [-0.15, -0.1) is 0 Å². The number of pyridine rings is 1. The molecule has 1 unspecified atom stereocenters. The van der Waals surface area contributed by atoms with Crippen molar-refractivity contribution in [3.05, 3.63) is 66.2 Å². The number of rotatable bonds is 2. The van der Waals surface area contributed by atoms with E-state index >= 15 is 0 Å². The summed E-state index contributed by atoms with van der Waals surface area (Å²) in [6.45, 7) is 0. The van der Waals surface area contributed by atoms with Gasteiger partial charge in [-0.25, -0.2) is 0 Å². The summed E-state index contributed by atoms with van der Waals surface area (Å²) in [6.07, 6.45) is 6.98. The molecule has 1 atom stereocenters. The molecule has 0 bridgehead atoms. The molecule has 2 aromatic heterocycles. The van der Waals surface area contributed by atoms with E-state index in [2.05, 4.69) is 15.2 Å². The van der Waals surface area contributed by atoms with Crippen molar-refractivity contribution >= 4 is 10.8 Å². The maximum Gasteiger partial charge on any atom is 0.0574 e. The fourth-order valence-corrected chi connectivity index (χ4v) is 2.08. The number of hydrogen-bond acceptors (Lipinski definition) is 4. The van der Waals surface area contributed by atoms with Gasteiger partial charge in [-0.1, -0.05) is 18.2 Å². The molecule has 4 nitrogen and oxygen atoms in total. The Hall–Kier alpha value is -2.33. The molecule has 88 valence electrons. The zero-order valence-corrected chi connectivity index (χ0v) is 9.69. The standard InChI is InChI=1S/C14H12N4/c15-14(11-4-7-17-18-9-11)13-3-1-2-10-8-16-6-5-12(10)13/h1-9,14H,15H2. The van der Waals surface area contributed by atoms with Gasteiger partial charge in [0.15, 0.2) is 0 Å². The Bertz CT molecular complexity index is 661. The predicted octanol–water partition coefficient (Wildman–Crippen LogP) is 2.07. The van der Waals surface area contributed by atoms with Crippen LogP contribution in [-0.4, -0.2) is 15.2 Å². The van der Waals surface area contributed by atoms with Crippen LogP contribution in [0.3, 0.4) is 0 Å². The third-order valence-electron chi connectivity index (χ3n) is 3.02. The van der Waals surface area contributed by atoms with E-state index in [4.69, 9.17) is 5.73 Å². The van der Waals surface area contributed by atoms with Gasteiger partial charge in [0.25, 0.3) is 0 Å². The van der Waals surface area contributed by atoms with E-state index in [1.165, 1.54) is 0 Å². The zero-order chi connectivity index (χ0) is 12.4. The van der Waals surface area contributed by atoms with E-state index in [9.17, 15) is 0 Å². The molecule has 1 aromatic carbocycles. The van der Waals surface area contributed by atoms with Crippen LogP contribution >= 0.6 is 0 Å². The molecule has 2 heterocycles. The highest BCUT2D eigenvalue weighted by Gasteiger charge is 2.11. The van der Waals surface area contributed by atoms with Gasteiger partial charge in [0.2, 0.25) is 0 Å². The van der Waals surface area contributed by atoms with Crippen LogP contribution in [-0.2, 0) is 0 Å². The SMILES string of the molecule is NC(c1ccnnc1)c1cccc2cnccc12. The molecule has 18 heavy (non-hydrogen) atoms. The molecule has 0 amide bonds. The van der Waals surface area contributed by atoms with Gasteiger partial charge >= 0.3 is 0 Å². The van der Waals surface area contributed by atoms with Crippen LogP contribution in [0.2, 0.25) is 0 Å². The molecule has 0 aliphatic rings. The largest absolute Gasteiger partial charge is 0.320 e. The third kappa shape index (κ3) is 1.83. The normalized spacial score (nSPS) is 12.5. The fourth-order valence-electron chi connectivity index (χ4n) is 2.08. The van der Waals surface area contributed by atoms with Crippen molar-refractivity contribution in [3.8, 4) is 0 Å². The minimum absolute atomic E-state index is 0.202. The summed E-state index contributed by atoms with van der Waals surface area (Å²) in [5.74, 6) is 0. The number of nitrogens with zero attached hydrogens (tertiary/aromatic N) is 3. The molecule has 0 saturated carbocycles. The maximum atomic E-state index is 6.29. The van der Waals surface area contributed by atoms with Crippen molar-refractivity contribution in [2.24, 2.45) is 5.73 Å². The molecule has 0 fully saturated rings. The van der Waals surface area contributed by atoms with E-state index in [1.54, 1.807) is 18.6 Å². The van der Waals surface area contributed by atoms with Gasteiger partial charge in [0.1, 0.15) is 0 Å². The molecule has 3 rings (SSSR count). The molecule has 0 radical (unpaired) electrons. The summed E-state index contributed by atoms with van der Waals surface area (Å²) >= 11 is 0. The molecule has 2 N–H and O–H groups in total. The smallest absolute Gasteiger partial charge is 0.0574 e. The second-order valence-electron chi connectivity index (χ2n) is 4.10. The van der Waals surface area contributed by atoms with Gasteiger partial charge in [0.05, 0.1) is 12.2 Å². The lowest BCUT2D eigenvalue weighted by Crippen LogP contribution is -2.12. The van der Waals surface area contributed by atoms with Crippen LogP contribution < -0.4 is 5.73 Å². The van der Waals surface area contributed by atoms with Crippen LogP contribution in [0.5, 0.6) is 0 Å². The van der Waals surface area contributed by atoms with E-state index in [1.807, 2.05) is 36.5 Å². The minimum atomic E-state index is -0.202. The lowest BCUT2D eigenvalue weighted by atomic mass is 9.96. The van der Waals surface area contributed by atoms with Crippen LogP contribution in [0.1, 0.15) is 17.2 Å². The highest BCUT2D eigenvalue weighted by atomic mass is 15.1. The lowest BCUT2D eigenvalue weighted by molar-refractivity contribution is 0.853. The monoisotopic (exact) mass is 236 g/mol. The first-order valence-corrected chi connectivity index (χ1v) is 5.71. The Kier molecular flexibility index (Phi) is 2.70. The molecule has 4 heteroatoms. The van der Waals surface area contributed by atoms with Crippen molar-refractivity contribution in [2.75, 3.05) is 0 Å². The second kappa shape index (κ2) is 4.50. The minimum Gasteiger partial charge on any atom is -0.320 e. The second-order valence-corrected chi connectivity index (χ2v) is 4.10. The quantitative estimate of drug-likeness (QED) is 0.739. The predicted molar refractivity (Wildman–Crippen MR) is 69.8 cm³/mol. The zero-order valence-electron chi connectivity index (χ0n) is 9.69. The van der Waals surface area contributed by atoms with E-state index in [0.717, 1.165) is 21.9 Å². The van der Waals surface area contributed by atoms with Crippen molar-refractivity contribution in [1.29, 1.82) is 0 Å². The fraction of sp³-hybridized carbons (Fsp3) is 0.0714. The number of fused-ring (bicyclic) bond motifs is 1. The topological polar surface area (TPSA) is 64.7 Å². The Morgan fingerprint density at radius 3 is 2.72 bits per heavy atom. The van der Waals surface area contributed by atoms with E-state index in [-0.39, 0.29) is 6.04 Å². The van der Waals surface area contributed by atoms with Gasteiger partial charge in [-0.3, -0.25) is 4.98 Å². The Labute approximate surface area is 105 Å². The number of nitrogens with two attached hydrogens (primary N) is 1. The molecule has 0 aliphatic heterocycles. The first-order chi connectivity index (χ1) is 8.86. The Morgan fingerprint density at radius 1 is 0.944 bits per heavy atom. The first kappa shape index (κ1) is 10.8. The number of hydrogen-bond donors (Lipinski definition) is 1. The lowest BCUT2D eigenvalue weighted by Gasteiger charge is -2.14. The average Bonchev–Trinajstić information content (AvgIpc) is 2.47. The highest BCUT2D eigenvalue weighted by Crippen LogP contribution is 2.26. The summed E-state index contributed by atoms with van der Waals surface area (Å²) in [5, 5.41) is 9.85. The summed E-state index contributed by atoms with van der Waals surface area (Å²) in [7, 11) is 0. The molecule has 3 aromatic rings. The van der Waals surface area contributed by atoms with Gasteiger partial charge in [-0.2, -0.15) is 10.2 Å². The Morgan fingerprint density at radius 2 is 1.89 bits per heavy atom. The van der Waals surface area contributed by atoms with E-state index in [0.29, 0.717) is 0 Å². The Balaban J connectivity index is 2.15. The summed E-state index contributed by atoms with van der Waals surface area (Å²) in [5.41, 5.74) is 8.32. The summed E-state index contributed by atoms with van der Waals surface area (Å²) < 4.78 is 0. The van der Waals surface area contributed by atoms with Crippen molar-refractivity contribution < 1.29 is 0 Å². The third-order valence-corrected chi connectivity index (χ3v) is 3.02. The van der Waals surface area contributed by atoms with E-state index < -0.39 is 0 Å². The highest BCUT2D eigenvalue weighted by molar-refractivity contribution is 5.85. The maximum absolute atomic E-state index is 6.29. The van der Waals surface area contributed by atoms with Gasteiger partial charge < -0.3 is 5.73 Å². The van der Waals surface area contributed by atoms with Crippen LogP contribution in [0.4, 0.5) is 0 Å². The summed E-state index contributed by atoms with van der Waals surface area (Å²) in [6, 6.07) is 9.73. The number of benzene rings is 1. The van der Waals surface area contributed by atoms with Crippen LogP contribution in [0, 0.1) is 0 Å². The average molecular weight is 236 g/mol. The van der Waals surface area contributed by atoms with Crippen molar-refractivity contribution in [3.63, 3.8) is 0 Å². The first-order valence-electron chi connectivity index (χ1n) is 5.71. The van der Waals surface area contributed by atoms with Crippen LogP contribution in [0.25, 0.3) is 10.8 Å². The van der Waals surface area contributed by atoms with Gasteiger partial charge in [0, 0.05) is 24.0 Å². The van der Waals surface area contributed by atoms with Crippen molar-refractivity contribution in [2.45, 2.75) is 6.04 Å².